The average molecular weight is 998 g/mol. The van der Waals surface area contributed by atoms with Gasteiger partial charge in [-0.2, -0.15) is 9.97 Å². The highest BCUT2D eigenvalue weighted by atomic mass is 32.2. The van der Waals surface area contributed by atoms with Gasteiger partial charge in [-0.25, -0.2) is 14.8 Å². The number of fused-ring (bicyclic) bond motifs is 2. The van der Waals surface area contributed by atoms with E-state index in [4.69, 9.17) is 44.0 Å². The minimum Gasteiger partial charge on any atom is -0.490 e. The Hall–Kier alpha value is -5.44. The predicted molar refractivity (Wildman–Crippen MR) is 266 cm³/mol. The first-order valence-corrected chi connectivity index (χ1v) is 27.6. The van der Waals surface area contributed by atoms with E-state index >= 15 is 0 Å². The molecule has 5 fully saturated rings. The lowest BCUT2D eigenvalue weighted by Crippen LogP contribution is -2.39. The molecule has 4 aromatic rings. The fourth-order valence-corrected chi connectivity index (χ4v) is 12.5. The lowest BCUT2D eigenvalue weighted by molar-refractivity contribution is 0.0695. The molecule has 18 nitrogen and oxygen atoms in total. The Kier molecular flexibility index (Phi) is 15.1. The van der Waals surface area contributed by atoms with E-state index in [1.165, 1.54) is 0 Å². The summed E-state index contributed by atoms with van der Waals surface area (Å²) in [5.41, 5.74) is 2.76. The van der Waals surface area contributed by atoms with Gasteiger partial charge in [0.25, 0.3) is 5.91 Å². The van der Waals surface area contributed by atoms with Crippen LogP contribution in [0.1, 0.15) is 96.3 Å². The Labute approximate surface area is 413 Å². The molecule has 6 aliphatic heterocycles. The largest absolute Gasteiger partial charge is 0.490 e. The molecule has 11 rings (SSSR count). The van der Waals surface area contributed by atoms with E-state index in [1.807, 2.05) is 36.2 Å². The van der Waals surface area contributed by atoms with Gasteiger partial charge in [0.15, 0.2) is 0 Å². The van der Waals surface area contributed by atoms with Crippen LogP contribution in [0.4, 0.5) is 23.5 Å². The van der Waals surface area contributed by atoms with Crippen LogP contribution < -0.4 is 29.9 Å². The number of carbonyl (C=O) groups excluding carboxylic acids is 1. The maximum absolute atomic E-state index is 12.7. The van der Waals surface area contributed by atoms with Gasteiger partial charge in [0, 0.05) is 133 Å². The number of nitrogens with one attached hydrogen (secondary N) is 2. The Morgan fingerprint density at radius 1 is 0.614 bits per heavy atom. The lowest BCUT2D eigenvalue weighted by Gasteiger charge is -2.33. The number of hydrogen-bond acceptors (Lipinski definition) is 16. The molecule has 20 heteroatoms. The molecule has 2 aromatic heterocycles. The lowest BCUT2D eigenvalue weighted by atomic mass is 10.1. The number of ether oxygens (including phenoxy) is 4. The Morgan fingerprint density at radius 2 is 1.03 bits per heavy atom. The smallest absolute Gasteiger partial charge is 0.335 e. The second-order valence-electron chi connectivity index (χ2n) is 19.1. The summed E-state index contributed by atoms with van der Waals surface area (Å²) in [6.07, 6.45) is 10.8. The Balaban J connectivity index is 0.000000163. The molecule has 0 spiro atoms. The molecule has 1 aliphatic carbocycles. The molecule has 3 N–H and O–H groups in total. The van der Waals surface area contributed by atoms with Crippen molar-refractivity contribution < 1.29 is 42.1 Å². The van der Waals surface area contributed by atoms with Crippen LogP contribution in [0.15, 0.2) is 58.3 Å². The molecular weight excluding hydrogens is 935 g/mol. The number of aromatic nitrogens is 4. The summed E-state index contributed by atoms with van der Waals surface area (Å²) in [6.45, 7) is 6.06. The van der Waals surface area contributed by atoms with Crippen molar-refractivity contribution >= 4 is 57.0 Å². The third-order valence-corrected chi connectivity index (χ3v) is 17.1. The van der Waals surface area contributed by atoms with E-state index in [1.54, 1.807) is 24.3 Å². The second-order valence-corrected chi connectivity index (χ2v) is 22.1. The second kappa shape index (κ2) is 21.9. The number of aryl methyl sites for hydroxylation is 2. The molecule has 2 aromatic carbocycles. The van der Waals surface area contributed by atoms with Crippen LogP contribution in [-0.4, -0.2) is 152 Å². The van der Waals surface area contributed by atoms with Crippen LogP contribution in [0.5, 0.6) is 11.5 Å². The summed E-state index contributed by atoms with van der Waals surface area (Å²) in [4.78, 5) is 50.7. The molecule has 4 saturated heterocycles. The molecular formula is C50H63N9O9S2. The maximum atomic E-state index is 12.7. The van der Waals surface area contributed by atoms with E-state index in [-0.39, 0.29) is 35.8 Å². The zero-order valence-corrected chi connectivity index (χ0v) is 41.4. The Morgan fingerprint density at radius 3 is 1.43 bits per heavy atom. The predicted octanol–water partition coefficient (Wildman–Crippen LogP) is 5.49. The molecule has 70 heavy (non-hydrogen) atoms. The first-order valence-electron chi connectivity index (χ1n) is 24.9. The summed E-state index contributed by atoms with van der Waals surface area (Å²) in [5.74, 6) is 4.68. The summed E-state index contributed by atoms with van der Waals surface area (Å²) >= 11 is 0. The molecule has 8 heterocycles. The van der Waals surface area contributed by atoms with Crippen LogP contribution >= 0.6 is 0 Å². The van der Waals surface area contributed by atoms with Gasteiger partial charge in [-0.1, -0.05) is 0 Å². The number of benzene rings is 2. The number of anilines is 4. The van der Waals surface area contributed by atoms with Gasteiger partial charge in [-0.05, 0) is 87.1 Å². The summed E-state index contributed by atoms with van der Waals surface area (Å²) in [7, 11) is -0.216. The highest BCUT2D eigenvalue weighted by molar-refractivity contribution is 7.85. The van der Waals surface area contributed by atoms with Crippen molar-refractivity contribution in [2.24, 2.45) is 0 Å². The number of piperidine rings is 2. The highest BCUT2D eigenvalue weighted by Gasteiger charge is 2.33. The van der Waals surface area contributed by atoms with Gasteiger partial charge in [0.05, 0.1) is 38.6 Å². The zero-order valence-electron chi connectivity index (χ0n) is 39.7. The fourth-order valence-electron chi connectivity index (χ4n) is 9.83. The number of amides is 1. The third-order valence-electron chi connectivity index (χ3n) is 14.1. The van der Waals surface area contributed by atoms with Gasteiger partial charge in [0.1, 0.15) is 45.1 Å². The Bertz CT molecular complexity index is 2540. The first kappa shape index (κ1) is 48.2. The molecule has 2 unspecified atom stereocenters. The van der Waals surface area contributed by atoms with Gasteiger partial charge >= 0.3 is 5.97 Å². The molecule has 374 valence electrons. The van der Waals surface area contributed by atoms with Crippen LogP contribution in [0.25, 0.3) is 0 Å². The number of aromatic carboxylic acids is 1. The normalized spacial score (nSPS) is 22.1. The number of nitrogens with zero attached hydrogens (tertiary/aromatic N) is 7. The fraction of sp³-hybridized carbons (Fsp3) is 0.560. The molecule has 0 radical (unpaired) electrons. The van der Waals surface area contributed by atoms with Gasteiger partial charge in [-0.3, -0.25) is 13.2 Å². The molecule has 7 aliphatic rings. The molecule has 2 atom stereocenters. The number of hydrogen-bond donors (Lipinski definition) is 3. The summed E-state index contributed by atoms with van der Waals surface area (Å²) in [6, 6.07) is 15.0. The maximum Gasteiger partial charge on any atom is 0.335 e. The van der Waals surface area contributed by atoms with Crippen LogP contribution in [-0.2, 0) is 43.9 Å². The molecule has 1 amide bonds. The van der Waals surface area contributed by atoms with Gasteiger partial charge in [0.2, 0.25) is 11.9 Å². The minimum atomic E-state index is -1.05. The van der Waals surface area contributed by atoms with Crippen LogP contribution in [0, 0.1) is 0 Å². The van der Waals surface area contributed by atoms with Crippen molar-refractivity contribution in [3.63, 3.8) is 0 Å². The van der Waals surface area contributed by atoms with Crippen molar-refractivity contribution in [3.05, 3.63) is 71.0 Å². The molecule has 1 saturated carbocycles. The quantitative estimate of drug-likeness (QED) is 0.151. The van der Waals surface area contributed by atoms with Crippen molar-refractivity contribution in [2.45, 2.75) is 117 Å². The van der Waals surface area contributed by atoms with Crippen LogP contribution in [0.2, 0.25) is 0 Å². The minimum absolute atomic E-state index is 0.0543. The van der Waals surface area contributed by atoms with E-state index in [0.29, 0.717) is 47.2 Å². The third kappa shape index (κ3) is 11.5. The number of carboxylic acids is 1. The highest BCUT2D eigenvalue weighted by Crippen LogP contribution is 2.35. The van der Waals surface area contributed by atoms with Crippen LogP contribution in [0.3, 0.4) is 0 Å². The van der Waals surface area contributed by atoms with E-state index in [2.05, 4.69) is 20.4 Å². The number of rotatable bonds is 13. The summed E-state index contributed by atoms with van der Waals surface area (Å²) < 4.78 is 48.5. The van der Waals surface area contributed by atoms with Gasteiger partial charge in [-0.15, -0.1) is 0 Å². The monoisotopic (exact) mass is 997 g/mol. The van der Waals surface area contributed by atoms with Crippen molar-refractivity contribution in [1.29, 1.82) is 0 Å². The van der Waals surface area contributed by atoms with Crippen molar-refractivity contribution in [1.82, 2.24) is 24.8 Å². The van der Waals surface area contributed by atoms with E-state index < -0.39 is 27.6 Å². The topological polar surface area (TPSA) is 211 Å². The SMILES string of the molecule is CN(C(=O)c1ccc(OC2CCN(c3nc4c(c(NC5CCOCC5)n3)S(=O)CC4)CC2)cc1)C1CC1.O=C(O)c1ccc(OC2CCN(c3nc4c(c(NC5CCOCC5)n3)S(=O)CC4)CC2)cc1. The number of carbonyl (C=O) groups is 2. The average Bonchev–Trinajstić information content (AvgIpc) is 4.08. The first-order chi connectivity index (χ1) is 34.1. The van der Waals surface area contributed by atoms with Crippen molar-refractivity contribution in [2.75, 3.05) is 91.6 Å². The van der Waals surface area contributed by atoms with E-state index in [0.717, 1.165) is 162 Å². The summed E-state index contributed by atoms with van der Waals surface area (Å²) in [5, 5.41) is 16.1. The number of carboxylic acid groups (broad SMARTS) is 1. The van der Waals surface area contributed by atoms with Gasteiger partial charge < -0.3 is 49.4 Å². The zero-order chi connectivity index (χ0) is 48.1. The van der Waals surface area contributed by atoms with Crippen molar-refractivity contribution in [3.8, 4) is 11.5 Å². The standard InChI is InChI=1S/C27H35N5O4S.C23H28N4O5S/c1-31(20-4-5-20)26(33)18-2-6-21(7-3-18)36-22-8-13-32(14-9-22)27-29-23-12-17-37(34)24(23)25(30-27)28-19-10-15-35-16-11-19;28-22(29)15-1-3-17(4-2-15)32-18-5-10-27(11-6-18)23-25-19-9-14-33(30)20(19)21(26-23)24-16-7-12-31-13-8-16/h2-3,6-7,19-20,22H,4-5,8-17H2,1H3,(H,28,29,30);1-4,16,18H,5-14H2,(H,28,29)(H,24,25,26). The molecule has 0 bridgehead atoms. The van der Waals surface area contributed by atoms with E-state index in [9.17, 15) is 18.0 Å².